The van der Waals surface area contributed by atoms with E-state index in [1.807, 2.05) is 0 Å². The van der Waals surface area contributed by atoms with Crippen LogP contribution in [0.4, 0.5) is 5.82 Å². The highest BCUT2D eigenvalue weighted by molar-refractivity contribution is 5.31. The predicted molar refractivity (Wildman–Crippen MR) is 64.7 cm³/mol. The summed E-state index contributed by atoms with van der Waals surface area (Å²) in [6.45, 7) is 7.14. The van der Waals surface area contributed by atoms with Gasteiger partial charge in [-0.3, -0.25) is 4.79 Å². The van der Waals surface area contributed by atoms with Gasteiger partial charge in [-0.25, -0.2) is 4.98 Å². The Balaban J connectivity index is 2.15. The zero-order valence-electron chi connectivity index (χ0n) is 10.2. The van der Waals surface area contributed by atoms with E-state index in [1.54, 1.807) is 17.0 Å². The maximum Gasteiger partial charge on any atom is 0.293 e. The standard InChI is InChI=1S/C12H19N3O/c1-12(2,3)8-14-10-11(16)15(7-6-13-10)9-4-5-9/h6-7,9H,4-5,8H2,1-3H3,(H,13,14). The fraction of sp³-hybridized carbons (Fsp3) is 0.667. The molecule has 0 aromatic carbocycles. The molecule has 1 heterocycles. The molecule has 0 bridgehead atoms. The molecule has 88 valence electrons. The van der Waals surface area contributed by atoms with Gasteiger partial charge in [-0.15, -0.1) is 0 Å². The van der Waals surface area contributed by atoms with Crippen molar-refractivity contribution in [1.82, 2.24) is 9.55 Å². The Kier molecular flexibility index (Phi) is 2.74. The largest absolute Gasteiger partial charge is 0.365 e. The first-order valence-corrected chi connectivity index (χ1v) is 5.78. The van der Waals surface area contributed by atoms with Gasteiger partial charge in [-0.1, -0.05) is 20.8 Å². The zero-order valence-corrected chi connectivity index (χ0v) is 10.2. The van der Waals surface area contributed by atoms with Gasteiger partial charge in [-0.05, 0) is 18.3 Å². The molecule has 2 rings (SSSR count). The van der Waals surface area contributed by atoms with Crippen LogP contribution in [0.1, 0.15) is 39.7 Å². The fourth-order valence-electron chi connectivity index (χ4n) is 1.54. The second-order valence-electron chi connectivity index (χ2n) is 5.63. The van der Waals surface area contributed by atoms with E-state index < -0.39 is 0 Å². The van der Waals surface area contributed by atoms with Crippen molar-refractivity contribution in [2.24, 2.45) is 5.41 Å². The van der Waals surface area contributed by atoms with E-state index in [1.165, 1.54) is 0 Å². The Morgan fingerprint density at radius 1 is 1.50 bits per heavy atom. The van der Waals surface area contributed by atoms with E-state index in [0.29, 0.717) is 11.9 Å². The monoisotopic (exact) mass is 221 g/mol. The van der Waals surface area contributed by atoms with Crippen molar-refractivity contribution in [3.8, 4) is 0 Å². The molecule has 0 aliphatic heterocycles. The molecule has 1 saturated carbocycles. The molecule has 0 amide bonds. The minimum absolute atomic E-state index is 0.00856. The Hall–Kier alpha value is -1.32. The van der Waals surface area contributed by atoms with E-state index in [2.05, 4.69) is 31.1 Å². The van der Waals surface area contributed by atoms with E-state index in [0.717, 1.165) is 19.4 Å². The first-order chi connectivity index (χ1) is 7.47. The van der Waals surface area contributed by atoms with Crippen molar-refractivity contribution >= 4 is 5.82 Å². The van der Waals surface area contributed by atoms with E-state index in [-0.39, 0.29) is 11.0 Å². The van der Waals surface area contributed by atoms with Crippen LogP contribution in [0, 0.1) is 5.41 Å². The molecule has 0 unspecified atom stereocenters. The molecule has 0 atom stereocenters. The minimum Gasteiger partial charge on any atom is -0.365 e. The number of aromatic nitrogens is 2. The molecule has 4 heteroatoms. The second kappa shape index (κ2) is 3.92. The van der Waals surface area contributed by atoms with Crippen molar-refractivity contribution in [2.45, 2.75) is 39.7 Å². The van der Waals surface area contributed by atoms with Crippen LogP contribution in [0.5, 0.6) is 0 Å². The average Bonchev–Trinajstić information content (AvgIpc) is 2.98. The van der Waals surface area contributed by atoms with Crippen LogP contribution in [0.3, 0.4) is 0 Å². The number of anilines is 1. The van der Waals surface area contributed by atoms with Gasteiger partial charge in [-0.2, -0.15) is 0 Å². The first-order valence-electron chi connectivity index (χ1n) is 5.78. The zero-order chi connectivity index (χ0) is 11.8. The summed E-state index contributed by atoms with van der Waals surface area (Å²) in [5.74, 6) is 0.476. The minimum atomic E-state index is 0.00856. The summed E-state index contributed by atoms with van der Waals surface area (Å²) in [5.41, 5.74) is 0.156. The van der Waals surface area contributed by atoms with Crippen molar-refractivity contribution in [3.63, 3.8) is 0 Å². The number of hydrogen-bond donors (Lipinski definition) is 1. The van der Waals surface area contributed by atoms with Crippen molar-refractivity contribution in [3.05, 3.63) is 22.7 Å². The Morgan fingerprint density at radius 2 is 2.19 bits per heavy atom. The molecule has 1 aliphatic rings. The average molecular weight is 221 g/mol. The topological polar surface area (TPSA) is 46.9 Å². The molecule has 1 fully saturated rings. The summed E-state index contributed by atoms with van der Waals surface area (Å²) in [6.07, 6.45) is 5.71. The third-order valence-corrected chi connectivity index (χ3v) is 2.59. The van der Waals surface area contributed by atoms with Crippen LogP contribution < -0.4 is 10.9 Å². The number of nitrogens with zero attached hydrogens (tertiary/aromatic N) is 2. The summed E-state index contributed by atoms with van der Waals surface area (Å²) in [6, 6.07) is 0.408. The predicted octanol–water partition coefficient (Wildman–Crippen LogP) is 2.04. The number of nitrogens with one attached hydrogen (secondary N) is 1. The molecule has 1 aromatic rings. The van der Waals surface area contributed by atoms with Gasteiger partial charge in [0.2, 0.25) is 0 Å². The van der Waals surface area contributed by atoms with Crippen molar-refractivity contribution in [1.29, 1.82) is 0 Å². The summed E-state index contributed by atoms with van der Waals surface area (Å²) in [7, 11) is 0. The van der Waals surface area contributed by atoms with Crippen LogP contribution in [-0.4, -0.2) is 16.1 Å². The molecule has 4 nitrogen and oxygen atoms in total. The summed E-state index contributed by atoms with van der Waals surface area (Å²) in [4.78, 5) is 16.1. The molecular weight excluding hydrogens is 202 g/mol. The Bertz CT molecular complexity index is 427. The summed E-state index contributed by atoms with van der Waals surface area (Å²) < 4.78 is 1.79. The van der Waals surface area contributed by atoms with Gasteiger partial charge in [0.25, 0.3) is 5.56 Å². The quantitative estimate of drug-likeness (QED) is 0.849. The SMILES string of the molecule is CC(C)(C)CNc1nccn(C2CC2)c1=O. The second-order valence-corrected chi connectivity index (χ2v) is 5.63. The van der Waals surface area contributed by atoms with Crippen LogP contribution >= 0.6 is 0 Å². The lowest BCUT2D eigenvalue weighted by molar-refractivity contribution is 0.442. The van der Waals surface area contributed by atoms with Crippen LogP contribution in [0.15, 0.2) is 17.2 Å². The highest BCUT2D eigenvalue weighted by Gasteiger charge is 2.25. The lowest BCUT2D eigenvalue weighted by Crippen LogP contribution is -2.27. The highest BCUT2D eigenvalue weighted by atomic mass is 16.1. The lowest BCUT2D eigenvalue weighted by Gasteiger charge is -2.19. The van der Waals surface area contributed by atoms with Crippen LogP contribution in [0.25, 0.3) is 0 Å². The van der Waals surface area contributed by atoms with E-state index in [9.17, 15) is 4.79 Å². The smallest absolute Gasteiger partial charge is 0.293 e. The third-order valence-electron chi connectivity index (χ3n) is 2.59. The van der Waals surface area contributed by atoms with Crippen LogP contribution in [0.2, 0.25) is 0 Å². The Morgan fingerprint density at radius 3 is 2.75 bits per heavy atom. The lowest BCUT2D eigenvalue weighted by atomic mass is 9.97. The van der Waals surface area contributed by atoms with Crippen molar-refractivity contribution in [2.75, 3.05) is 11.9 Å². The first kappa shape index (κ1) is 11.2. The summed E-state index contributed by atoms with van der Waals surface area (Å²) in [5, 5.41) is 3.13. The van der Waals surface area contributed by atoms with Gasteiger partial charge in [0, 0.05) is 25.0 Å². The van der Waals surface area contributed by atoms with Gasteiger partial charge in [0.05, 0.1) is 0 Å². The van der Waals surface area contributed by atoms with E-state index >= 15 is 0 Å². The molecule has 0 spiro atoms. The molecule has 1 aromatic heterocycles. The maximum absolute atomic E-state index is 12.0. The maximum atomic E-state index is 12.0. The van der Waals surface area contributed by atoms with Crippen molar-refractivity contribution < 1.29 is 0 Å². The highest BCUT2D eigenvalue weighted by Crippen LogP contribution is 2.33. The fourth-order valence-corrected chi connectivity index (χ4v) is 1.54. The number of hydrogen-bond acceptors (Lipinski definition) is 3. The summed E-state index contributed by atoms with van der Waals surface area (Å²) >= 11 is 0. The molecule has 0 radical (unpaired) electrons. The molecule has 1 N–H and O–H groups in total. The molecule has 0 saturated heterocycles. The van der Waals surface area contributed by atoms with Gasteiger partial charge >= 0.3 is 0 Å². The third kappa shape index (κ3) is 2.62. The van der Waals surface area contributed by atoms with E-state index in [4.69, 9.17) is 0 Å². The molecule has 16 heavy (non-hydrogen) atoms. The number of rotatable bonds is 3. The van der Waals surface area contributed by atoms with Gasteiger partial charge < -0.3 is 9.88 Å². The molecule has 1 aliphatic carbocycles. The molecular formula is C12H19N3O. The van der Waals surface area contributed by atoms with Gasteiger partial charge in [0.15, 0.2) is 5.82 Å². The normalized spacial score (nSPS) is 16.2. The van der Waals surface area contributed by atoms with Crippen LogP contribution in [-0.2, 0) is 0 Å². The van der Waals surface area contributed by atoms with Gasteiger partial charge in [0.1, 0.15) is 0 Å². The Labute approximate surface area is 95.7 Å².